The fraction of sp³-hybridized carbons (Fsp3) is 0.308. The van der Waals surface area contributed by atoms with Crippen LogP contribution in [0.2, 0.25) is 0 Å². The molecule has 1 N–H and O–H groups in total. The van der Waals surface area contributed by atoms with Crippen LogP contribution in [-0.2, 0) is 16.5 Å². The van der Waals surface area contributed by atoms with Crippen LogP contribution in [0.1, 0.15) is 25.8 Å². The fourth-order valence-electron chi connectivity index (χ4n) is 4.40. The molecule has 1 unspecified atom stereocenters. The second kappa shape index (κ2) is 9.68. The number of anilines is 2. The first kappa shape index (κ1) is 22.9. The summed E-state index contributed by atoms with van der Waals surface area (Å²) in [5, 5.41) is 5.95. The number of hydrogen-bond acceptors (Lipinski definition) is 5. The molecule has 0 spiro atoms. The Hall–Kier alpha value is -2.30. The molecule has 2 heterocycles. The van der Waals surface area contributed by atoms with E-state index in [0.29, 0.717) is 12.6 Å². The number of benzene rings is 2. The summed E-state index contributed by atoms with van der Waals surface area (Å²) in [7, 11) is 0. The van der Waals surface area contributed by atoms with Gasteiger partial charge in [0.1, 0.15) is 0 Å². The Morgan fingerprint density at radius 2 is 2.03 bits per heavy atom. The van der Waals surface area contributed by atoms with Gasteiger partial charge in [0.2, 0.25) is 0 Å². The van der Waals surface area contributed by atoms with Gasteiger partial charge in [-0.05, 0) is 63.1 Å². The molecule has 0 fully saturated rings. The number of thioether (sulfide) groups is 1. The number of nitrogens with zero attached hydrogens (tertiary/aromatic N) is 3. The van der Waals surface area contributed by atoms with E-state index >= 15 is 0 Å². The minimum atomic E-state index is 0. The van der Waals surface area contributed by atoms with Crippen LogP contribution in [0.3, 0.4) is 0 Å². The summed E-state index contributed by atoms with van der Waals surface area (Å²) in [6.45, 7) is 9.16. The van der Waals surface area contributed by atoms with Gasteiger partial charge in [-0.2, -0.15) is 0 Å². The third-order valence-electron chi connectivity index (χ3n) is 6.12. The van der Waals surface area contributed by atoms with E-state index in [1.54, 1.807) is 0 Å². The maximum atomic E-state index is 4.95. The molecular formula is C26H28N4NiS. The molecule has 2 aromatic carbocycles. The quantitative estimate of drug-likeness (QED) is 0.633. The molecule has 0 bridgehead atoms. The molecule has 168 valence electrons. The Bertz CT molecular complexity index is 1240. The van der Waals surface area contributed by atoms with Crippen LogP contribution < -0.4 is 20.8 Å². The zero-order valence-electron chi connectivity index (χ0n) is 18.7. The molecule has 3 aliphatic rings. The van der Waals surface area contributed by atoms with Gasteiger partial charge in [-0.15, -0.1) is 0 Å². The number of nitrogens with one attached hydrogen (secondary N) is 1. The Morgan fingerprint density at radius 1 is 1.19 bits per heavy atom. The Morgan fingerprint density at radius 3 is 2.81 bits per heavy atom. The van der Waals surface area contributed by atoms with E-state index < -0.39 is 0 Å². The van der Waals surface area contributed by atoms with Gasteiger partial charge in [-0.1, -0.05) is 36.1 Å². The van der Waals surface area contributed by atoms with Gasteiger partial charge >= 0.3 is 0 Å². The molecule has 6 heteroatoms. The summed E-state index contributed by atoms with van der Waals surface area (Å²) in [6, 6.07) is 11.3. The molecule has 1 aliphatic carbocycles. The Labute approximate surface area is 204 Å². The molecular weight excluding hydrogens is 459 g/mol. The minimum absolute atomic E-state index is 0. The first-order valence-electron chi connectivity index (χ1n) is 11.1. The molecule has 0 saturated carbocycles. The molecule has 0 aromatic heterocycles. The van der Waals surface area contributed by atoms with Crippen molar-refractivity contribution in [3.63, 3.8) is 0 Å². The van der Waals surface area contributed by atoms with Crippen LogP contribution >= 0.6 is 11.8 Å². The van der Waals surface area contributed by atoms with Gasteiger partial charge in [-0.25, -0.2) is 0 Å². The normalized spacial score (nSPS) is 19.3. The Kier molecular flexibility index (Phi) is 6.92. The number of fused-ring (bicyclic) bond motifs is 4. The van der Waals surface area contributed by atoms with Gasteiger partial charge in [-0.3, -0.25) is 9.98 Å². The molecule has 1 atom stereocenters. The maximum absolute atomic E-state index is 4.95. The molecule has 0 radical (unpaired) electrons. The van der Waals surface area contributed by atoms with Gasteiger partial charge in [0.15, 0.2) is 0 Å². The van der Waals surface area contributed by atoms with E-state index in [-0.39, 0.29) is 16.5 Å². The van der Waals surface area contributed by atoms with Crippen LogP contribution in [-0.4, -0.2) is 31.4 Å². The van der Waals surface area contributed by atoms with E-state index in [1.807, 2.05) is 11.8 Å². The second-order valence-electron chi connectivity index (χ2n) is 8.12. The first-order valence-corrected chi connectivity index (χ1v) is 11.9. The molecule has 32 heavy (non-hydrogen) atoms. The second-order valence-corrected chi connectivity index (χ2v) is 9.23. The van der Waals surface area contributed by atoms with E-state index in [0.717, 1.165) is 41.5 Å². The molecule has 0 amide bonds. The third-order valence-corrected chi connectivity index (χ3v) is 7.34. The number of aryl methyl sites for hydroxylation is 1. The summed E-state index contributed by atoms with van der Waals surface area (Å²) in [5.41, 5.74) is 5.67. The zero-order chi connectivity index (χ0) is 21.4. The molecule has 0 saturated heterocycles. The van der Waals surface area contributed by atoms with E-state index in [9.17, 15) is 0 Å². The van der Waals surface area contributed by atoms with Crippen molar-refractivity contribution in [2.45, 2.75) is 38.1 Å². The summed E-state index contributed by atoms with van der Waals surface area (Å²) in [5.74, 6) is 0. The summed E-state index contributed by atoms with van der Waals surface area (Å²) >= 11 is 1.87. The van der Waals surface area contributed by atoms with Gasteiger partial charge in [0.25, 0.3) is 0 Å². The monoisotopic (exact) mass is 486 g/mol. The molecule has 2 aliphatic heterocycles. The van der Waals surface area contributed by atoms with Crippen LogP contribution in [0.25, 0.3) is 6.08 Å². The number of rotatable bonds is 4. The maximum Gasteiger partial charge on any atom is 0.0895 e. The average Bonchev–Trinajstić information content (AvgIpc) is 2.80. The summed E-state index contributed by atoms with van der Waals surface area (Å²) in [6.07, 6.45) is 9.82. The average molecular weight is 487 g/mol. The fourth-order valence-corrected chi connectivity index (χ4v) is 5.50. The van der Waals surface area contributed by atoms with Crippen molar-refractivity contribution in [3.8, 4) is 0 Å². The van der Waals surface area contributed by atoms with Crippen molar-refractivity contribution in [3.05, 3.63) is 69.6 Å². The van der Waals surface area contributed by atoms with Crippen molar-refractivity contribution >= 4 is 40.6 Å². The van der Waals surface area contributed by atoms with Crippen molar-refractivity contribution in [1.82, 2.24) is 0 Å². The van der Waals surface area contributed by atoms with Crippen molar-refractivity contribution in [2.75, 3.05) is 29.9 Å². The predicted octanol–water partition coefficient (Wildman–Crippen LogP) is 4.76. The SMILES string of the molecule is CCN(CC)c1ccc(N=C2C=c3ccc4c(c3=NC2)NC2CC=CC=C2S4)c(C)c1.[Ni]. The number of allylic oxidation sites excluding steroid dienone is 2. The molecule has 5 rings (SSSR count). The predicted molar refractivity (Wildman–Crippen MR) is 133 cm³/mol. The minimum Gasteiger partial charge on any atom is -0.375 e. The van der Waals surface area contributed by atoms with Crippen molar-refractivity contribution in [2.24, 2.45) is 9.98 Å². The topological polar surface area (TPSA) is 40.0 Å². The van der Waals surface area contributed by atoms with Crippen molar-refractivity contribution in [1.29, 1.82) is 0 Å². The number of aliphatic imine (C=N–C) groups is 1. The summed E-state index contributed by atoms with van der Waals surface area (Å²) in [4.78, 5) is 14.9. The van der Waals surface area contributed by atoms with Gasteiger partial charge in [0, 0.05) is 50.3 Å². The zero-order valence-corrected chi connectivity index (χ0v) is 20.5. The van der Waals surface area contributed by atoms with Gasteiger partial charge in [0.05, 0.1) is 35.0 Å². The van der Waals surface area contributed by atoms with Crippen LogP contribution in [0.4, 0.5) is 17.1 Å². The van der Waals surface area contributed by atoms with Crippen LogP contribution in [0.5, 0.6) is 0 Å². The molecule has 4 nitrogen and oxygen atoms in total. The third kappa shape index (κ3) is 4.31. The van der Waals surface area contributed by atoms with Gasteiger partial charge < -0.3 is 10.2 Å². The van der Waals surface area contributed by atoms with Crippen LogP contribution in [0, 0.1) is 6.92 Å². The Balaban J connectivity index is 0.00000245. The number of hydrogen-bond donors (Lipinski definition) is 1. The van der Waals surface area contributed by atoms with Crippen LogP contribution in [0.15, 0.2) is 68.3 Å². The first-order chi connectivity index (χ1) is 15.2. The summed E-state index contributed by atoms with van der Waals surface area (Å²) < 4.78 is 0. The van der Waals surface area contributed by atoms with E-state index in [2.05, 4.69) is 85.6 Å². The standard InChI is InChI=1S/C26H28N4S.Ni/c1-4-30(5-2)20-11-12-21(17(3)14-20)28-19-15-18-10-13-24-26(25(18)27-16-19)29-22-8-6-7-9-23(22)31-24;/h6-7,9-15,22,29H,4-5,8,16H2,1-3H3;. The largest absolute Gasteiger partial charge is 0.375 e. The van der Waals surface area contributed by atoms with E-state index in [4.69, 9.17) is 9.98 Å². The van der Waals surface area contributed by atoms with E-state index in [1.165, 1.54) is 26.7 Å². The van der Waals surface area contributed by atoms with Crippen molar-refractivity contribution < 1.29 is 16.5 Å². The molecule has 2 aromatic rings. The smallest absolute Gasteiger partial charge is 0.0895 e.